The van der Waals surface area contributed by atoms with Gasteiger partial charge < -0.3 is 4.74 Å². The Balaban J connectivity index is 2.46. The van der Waals surface area contributed by atoms with Crippen molar-refractivity contribution in [2.45, 2.75) is 26.7 Å². The molecule has 0 aliphatic carbocycles. The van der Waals surface area contributed by atoms with Crippen molar-refractivity contribution in [1.29, 1.82) is 0 Å². The number of aryl methyl sites for hydroxylation is 1. The quantitative estimate of drug-likeness (QED) is 0.316. The Kier molecular flexibility index (Phi) is 5.34. The van der Waals surface area contributed by atoms with Gasteiger partial charge in [-0.25, -0.2) is 0 Å². The SMILES string of the molecule is CCCCO/C=C/C(=O)c1cccc(C)c1. The minimum atomic E-state index is -0.0137. The summed E-state index contributed by atoms with van der Waals surface area (Å²) in [6.45, 7) is 4.75. The maximum Gasteiger partial charge on any atom is 0.188 e. The molecule has 2 nitrogen and oxygen atoms in total. The number of carbonyl (C=O) groups is 1. The monoisotopic (exact) mass is 218 g/mol. The van der Waals surface area contributed by atoms with E-state index in [1.807, 2.05) is 31.2 Å². The Bertz CT molecular complexity index is 367. The Labute approximate surface area is 96.9 Å². The van der Waals surface area contributed by atoms with E-state index >= 15 is 0 Å². The number of unbranched alkanes of at least 4 members (excludes halogenated alkanes) is 1. The van der Waals surface area contributed by atoms with E-state index in [1.54, 1.807) is 0 Å². The lowest BCUT2D eigenvalue weighted by atomic mass is 10.1. The second-order valence-corrected chi connectivity index (χ2v) is 3.76. The molecular weight excluding hydrogens is 200 g/mol. The maximum atomic E-state index is 11.7. The largest absolute Gasteiger partial charge is 0.501 e. The number of benzene rings is 1. The molecule has 0 fully saturated rings. The molecule has 86 valence electrons. The third kappa shape index (κ3) is 4.30. The summed E-state index contributed by atoms with van der Waals surface area (Å²) in [5.41, 5.74) is 1.79. The molecular formula is C14H18O2. The van der Waals surface area contributed by atoms with Gasteiger partial charge >= 0.3 is 0 Å². The first-order valence-corrected chi connectivity index (χ1v) is 5.63. The van der Waals surface area contributed by atoms with Gasteiger partial charge in [-0.05, 0) is 19.4 Å². The zero-order chi connectivity index (χ0) is 11.8. The second-order valence-electron chi connectivity index (χ2n) is 3.76. The van der Waals surface area contributed by atoms with Gasteiger partial charge in [-0.1, -0.05) is 37.1 Å². The van der Waals surface area contributed by atoms with Gasteiger partial charge in [-0.3, -0.25) is 4.79 Å². The van der Waals surface area contributed by atoms with Crippen molar-refractivity contribution in [2.75, 3.05) is 6.61 Å². The minimum Gasteiger partial charge on any atom is -0.501 e. The summed E-state index contributed by atoms with van der Waals surface area (Å²) in [5, 5.41) is 0. The summed E-state index contributed by atoms with van der Waals surface area (Å²) in [4.78, 5) is 11.7. The van der Waals surface area contributed by atoms with Gasteiger partial charge in [0, 0.05) is 11.6 Å². The van der Waals surface area contributed by atoms with E-state index in [0.717, 1.165) is 18.4 Å². The van der Waals surface area contributed by atoms with Crippen molar-refractivity contribution in [2.24, 2.45) is 0 Å². The van der Waals surface area contributed by atoms with Gasteiger partial charge in [0.05, 0.1) is 12.9 Å². The fourth-order valence-electron chi connectivity index (χ4n) is 1.30. The van der Waals surface area contributed by atoms with Crippen LogP contribution in [0.2, 0.25) is 0 Å². The number of rotatable bonds is 6. The van der Waals surface area contributed by atoms with Crippen molar-refractivity contribution < 1.29 is 9.53 Å². The van der Waals surface area contributed by atoms with E-state index in [-0.39, 0.29) is 5.78 Å². The van der Waals surface area contributed by atoms with Gasteiger partial charge in [0.15, 0.2) is 5.78 Å². The van der Waals surface area contributed by atoms with Crippen molar-refractivity contribution in [1.82, 2.24) is 0 Å². The molecule has 0 N–H and O–H groups in total. The predicted octanol–water partition coefficient (Wildman–Crippen LogP) is 3.51. The molecule has 0 saturated carbocycles. The fraction of sp³-hybridized carbons (Fsp3) is 0.357. The van der Waals surface area contributed by atoms with E-state index in [4.69, 9.17) is 4.74 Å². The van der Waals surface area contributed by atoms with Crippen LogP contribution in [0.1, 0.15) is 35.7 Å². The highest BCUT2D eigenvalue weighted by Crippen LogP contribution is 2.05. The number of hydrogen-bond donors (Lipinski definition) is 0. The zero-order valence-corrected chi connectivity index (χ0v) is 9.90. The lowest BCUT2D eigenvalue weighted by molar-refractivity contribution is 0.104. The van der Waals surface area contributed by atoms with Gasteiger partial charge in [0.2, 0.25) is 0 Å². The molecule has 0 aliphatic rings. The van der Waals surface area contributed by atoms with Crippen molar-refractivity contribution in [3.8, 4) is 0 Å². The summed E-state index contributed by atoms with van der Waals surface area (Å²) < 4.78 is 5.20. The number of ketones is 1. The first-order valence-electron chi connectivity index (χ1n) is 5.63. The summed E-state index contributed by atoms with van der Waals surface area (Å²) in [6, 6.07) is 7.54. The highest BCUT2D eigenvalue weighted by atomic mass is 16.5. The van der Waals surface area contributed by atoms with E-state index < -0.39 is 0 Å². The number of hydrogen-bond acceptors (Lipinski definition) is 2. The normalized spacial score (nSPS) is 10.6. The fourth-order valence-corrected chi connectivity index (χ4v) is 1.30. The van der Waals surface area contributed by atoms with Crippen LogP contribution >= 0.6 is 0 Å². The highest BCUT2D eigenvalue weighted by Gasteiger charge is 2.00. The molecule has 0 aromatic heterocycles. The summed E-state index contributed by atoms with van der Waals surface area (Å²) in [5.74, 6) is -0.0137. The van der Waals surface area contributed by atoms with E-state index in [9.17, 15) is 4.79 Å². The van der Waals surface area contributed by atoms with Crippen LogP contribution in [-0.2, 0) is 4.74 Å². The van der Waals surface area contributed by atoms with Crippen LogP contribution in [0.25, 0.3) is 0 Å². The number of carbonyl (C=O) groups excluding carboxylic acids is 1. The van der Waals surface area contributed by atoms with Crippen molar-refractivity contribution in [3.63, 3.8) is 0 Å². The molecule has 16 heavy (non-hydrogen) atoms. The predicted molar refractivity (Wildman–Crippen MR) is 65.5 cm³/mol. The average molecular weight is 218 g/mol. The van der Waals surface area contributed by atoms with E-state index in [2.05, 4.69) is 6.92 Å². The van der Waals surface area contributed by atoms with E-state index in [0.29, 0.717) is 12.2 Å². The summed E-state index contributed by atoms with van der Waals surface area (Å²) >= 11 is 0. The topological polar surface area (TPSA) is 26.3 Å². The van der Waals surface area contributed by atoms with Gasteiger partial charge in [-0.2, -0.15) is 0 Å². The van der Waals surface area contributed by atoms with Crippen LogP contribution in [0.5, 0.6) is 0 Å². The maximum absolute atomic E-state index is 11.7. The Morgan fingerprint density at radius 3 is 2.94 bits per heavy atom. The number of ether oxygens (including phenoxy) is 1. The Hall–Kier alpha value is -1.57. The molecule has 0 saturated heterocycles. The molecule has 1 aromatic rings. The minimum absolute atomic E-state index is 0.0137. The molecule has 0 radical (unpaired) electrons. The number of allylic oxidation sites excluding steroid dienone is 1. The first kappa shape index (κ1) is 12.5. The van der Waals surface area contributed by atoms with Crippen LogP contribution in [-0.4, -0.2) is 12.4 Å². The molecule has 0 spiro atoms. The molecule has 0 atom stereocenters. The third-order valence-corrected chi connectivity index (χ3v) is 2.23. The van der Waals surface area contributed by atoms with Crippen molar-refractivity contribution >= 4 is 5.78 Å². The molecule has 0 aliphatic heterocycles. The van der Waals surface area contributed by atoms with Gasteiger partial charge in [-0.15, -0.1) is 0 Å². The van der Waals surface area contributed by atoms with Gasteiger partial charge in [0.25, 0.3) is 0 Å². The molecule has 0 unspecified atom stereocenters. The van der Waals surface area contributed by atoms with Gasteiger partial charge in [0.1, 0.15) is 0 Å². The standard InChI is InChI=1S/C14H18O2/c1-3-4-9-16-10-8-14(15)13-7-5-6-12(2)11-13/h5-8,10-11H,3-4,9H2,1-2H3/b10-8+. The van der Waals surface area contributed by atoms with Crippen LogP contribution in [0.3, 0.4) is 0 Å². The molecule has 0 amide bonds. The smallest absolute Gasteiger partial charge is 0.188 e. The van der Waals surface area contributed by atoms with Crippen LogP contribution in [0.4, 0.5) is 0 Å². The van der Waals surface area contributed by atoms with Crippen LogP contribution in [0, 0.1) is 6.92 Å². The summed E-state index contributed by atoms with van der Waals surface area (Å²) in [6.07, 6.45) is 5.08. The lowest BCUT2D eigenvalue weighted by Crippen LogP contribution is -1.95. The second kappa shape index (κ2) is 6.83. The highest BCUT2D eigenvalue weighted by molar-refractivity contribution is 6.04. The summed E-state index contributed by atoms with van der Waals surface area (Å²) in [7, 11) is 0. The Morgan fingerprint density at radius 2 is 2.25 bits per heavy atom. The van der Waals surface area contributed by atoms with Crippen molar-refractivity contribution in [3.05, 3.63) is 47.7 Å². The van der Waals surface area contributed by atoms with E-state index in [1.165, 1.54) is 12.3 Å². The third-order valence-electron chi connectivity index (χ3n) is 2.23. The zero-order valence-electron chi connectivity index (χ0n) is 9.90. The molecule has 0 bridgehead atoms. The average Bonchev–Trinajstić information content (AvgIpc) is 2.28. The first-order chi connectivity index (χ1) is 7.74. The molecule has 2 heteroatoms. The van der Waals surface area contributed by atoms with Crippen LogP contribution in [0.15, 0.2) is 36.6 Å². The Morgan fingerprint density at radius 1 is 1.44 bits per heavy atom. The molecule has 0 heterocycles. The van der Waals surface area contributed by atoms with Crippen LogP contribution < -0.4 is 0 Å². The molecule has 1 rings (SSSR count). The lowest BCUT2D eigenvalue weighted by Gasteiger charge is -1.99. The molecule has 1 aromatic carbocycles.